The number of amides is 11. The van der Waals surface area contributed by atoms with Gasteiger partial charge in [-0.05, 0) is 131 Å². The first-order valence-electron chi connectivity index (χ1n) is 40.8. The Labute approximate surface area is 697 Å². The number of unbranched alkanes of at least 4 members (excludes halogenated alkanes) is 2. The highest BCUT2D eigenvalue weighted by Gasteiger charge is 2.42. The van der Waals surface area contributed by atoms with Crippen LogP contribution < -0.4 is 63.5 Å². The topological polar surface area (TPSA) is 519 Å². The summed E-state index contributed by atoms with van der Waals surface area (Å²) in [5.74, 6) is -6.45. The largest absolute Gasteiger partial charge is 0.508 e. The molecule has 10 atom stereocenters. The zero-order valence-corrected chi connectivity index (χ0v) is 69.6. The van der Waals surface area contributed by atoms with E-state index in [1.165, 1.54) is 79.9 Å². The minimum Gasteiger partial charge on any atom is -0.508 e. The van der Waals surface area contributed by atoms with Gasteiger partial charge in [0.15, 0.2) is 17.5 Å². The van der Waals surface area contributed by atoms with Gasteiger partial charge < -0.3 is 103 Å². The number of phenols is 1. The molecule has 3 aliphatic rings. The van der Waals surface area contributed by atoms with Crippen LogP contribution in [0.1, 0.15) is 150 Å². The number of nitrogens with two attached hydrogens (primary N) is 2. The monoisotopic (exact) mass is 1680 g/mol. The van der Waals surface area contributed by atoms with E-state index in [0.29, 0.717) is 130 Å². The van der Waals surface area contributed by atoms with E-state index in [9.17, 15) is 67.7 Å². The molecule has 7 rings (SSSR count). The van der Waals surface area contributed by atoms with E-state index < -0.39 is 101 Å². The molecule has 38 heteroatoms. The predicted molar refractivity (Wildman–Crippen MR) is 441 cm³/mol. The highest BCUT2D eigenvalue weighted by molar-refractivity contribution is 8.00. The third-order valence-corrected chi connectivity index (χ3v) is 22.0. The molecule has 2 aromatic carbocycles. The van der Waals surface area contributed by atoms with Gasteiger partial charge in [-0.1, -0.05) is 44.9 Å². The second-order valence-corrected chi connectivity index (χ2v) is 30.9. The predicted octanol–water partition coefficient (Wildman–Crippen LogP) is 1.37. The second kappa shape index (κ2) is 50.9. The van der Waals surface area contributed by atoms with E-state index in [2.05, 4.69) is 78.9 Å². The lowest BCUT2D eigenvalue weighted by atomic mass is 9.96. The maximum Gasteiger partial charge on any atom is 0.326 e. The van der Waals surface area contributed by atoms with Crippen LogP contribution in [0.15, 0.2) is 79.1 Å². The Morgan fingerprint density at radius 3 is 2.05 bits per heavy atom. The van der Waals surface area contributed by atoms with Gasteiger partial charge in [-0.3, -0.25) is 67.5 Å². The van der Waals surface area contributed by atoms with E-state index in [4.69, 9.17) is 35.2 Å². The lowest BCUT2D eigenvalue weighted by molar-refractivity contribution is -0.143. The summed E-state index contributed by atoms with van der Waals surface area (Å²) in [6.45, 7) is 13.1. The number of phenolic OH excluding ortho intramolecular Hbond substituents is 1. The van der Waals surface area contributed by atoms with Crippen molar-refractivity contribution in [2.24, 2.45) is 22.4 Å². The number of guanidine groups is 1. The molecule has 3 saturated heterocycles. The van der Waals surface area contributed by atoms with Crippen LogP contribution in [0, 0.1) is 5.92 Å². The molecule has 3 aliphatic heterocycles. The van der Waals surface area contributed by atoms with E-state index in [0.717, 1.165) is 31.5 Å². The van der Waals surface area contributed by atoms with Crippen LogP contribution in [0.3, 0.4) is 0 Å². The Kier molecular flexibility index (Phi) is 40.8. The third kappa shape index (κ3) is 31.8. The number of imide groups is 1. The number of aliphatic carboxylic acids is 1. The molecule has 0 aliphatic carbocycles. The molecule has 654 valence electrons. The minimum atomic E-state index is -1.41. The highest BCUT2D eigenvalue weighted by atomic mass is 32.2. The number of thioether (sulfide) groups is 1. The number of H-pyrrole nitrogens is 2. The van der Waals surface area contributed by atoms with E-state index in [1.807, 2.05) is 18.2 Å². The quantitative estimate of drug-likeness (QED) is 0.00976. The third-order valence-electron chi connectivity index (χ3n) is 20.7. The lowest BCUT2D eigenvalue weighted by Crippen LogP contribution is -2.61. The average molecular weight is 1680 g/mol. The summed E-state index contributed by atoms with van der Waals surface area (Å²) in [6, 6.07) is 0.860. The number of ether oxygens (including phenoxy) is 5. The van der Waals surface area contributed by atoms with Crippen LogP contribution in [-0.4, -0.2) is 281 Å². The number of imidazole rings is 2. The van der Waals surface area contributed by atoms with Crippen molar-refractivity contribution in [3.63, 3.8) is 0 Å². The summed E-state index contributed by atoms with van der Waals surface area (Å²) in [4.78, 5) is 186. The molecule has 0 bridgehead atoms. The van der Waals surface area contributed by atoms with E-state index >= 15 is 0 Å². The maximum atomic E-state index is 14.9. The molecule has 0 radical (unpaired) electrons. The summed E-state index contributed by atoms with van der Waals surface area (Å²) in [7, 11) is 3.04. The summed E-state index contributed by atoms with van der Waals surface area (Å²) in [5.41, 5.74) is 13.8. The van der Waals surface area contributed by atoms with Gasteiger partial charge in [0.25, 0.3) is 5.91 Å². The normalized spacial score (nSPS) is 17.0. The van der Waals surface area contributed by atoms with Crippen LogP contribution in [0.4, 0.5) is 0 Å². The molecule has 2 aromatic heterocycles. The van der Waals surface area contributed by atoms with Gasteiger partial charge >= 0.3 is 5.97 Å². The Balaban J connectivity index is 0.766. The van der Waals surface area contributed by atoms with Gasteiger partial charge in [0.05, 0.1) is 70.7 Å². The first-order valence-corrected chi connectivity index (χ1v) is 41.8. The Morgan fingerprint density at radius 2 is 1.39 bits per heavy atom. The van der Waals surface area contributed by atoms with Gasteiger partial charge in [0.2, 0.25) is 59.1 Å². The van der Waals surface area contributed by atoms with Gasteiger partial charge in [0.1, 0.15) is 48.0 Å². The number of aryl methyl sites for hydroxylation is 1. The molecule has 0 saturated carbocycles. The number of aliphatic imine (C=N–C) groups is 1. The summed E-state index contributed by atoms with van der Waals surface area (Å²) in [6.07, 6.45) is 14.4. The standard InChI is InChI=1S/C81H120N18O19S/c1-7-29-97-30-13-18-57(97)48-88-73(105)59-40-54(42-65(114-5)71(59)115-6)17-15-39-119-66-45-69(103)99(79(66)111)31-11-9-10-21-67(101)86-28-16-33-116-35-37-118-38-36-117-34-26-68(102)92-61(43-55-46-84-49-89-55)75(107)91-52(4)72(104)96-70(51(3)8-2)77(109)94-62(41-53-22-24-58(100)25-23-53)78(110)98-32-14-20-64(98)76(108)93-60(19-12-27-87-81(82)83)74(106)95-63(80(112)113)44-56-47-85-50-90-56/h7,22-25,40,42,46-47,49-52,57,60-64,66,70,100H,1,8-21,26-39,41,43-45,48H2,2-6H3,(H,84,89)(H,85,90)(H,86,101)(H,88,105)(H,91,107)(H,92,102)(H,93,108)(H,94,109)(H,95,106)(H,96,104)(H,112,113)(H4,82,83,87)/t51-,52-,57-,60-,61-,62-,63-,64-,66?,70-/m0/s1. The molecule has 119 heavy (non-hydrogen) atoms. The van der Waals surface area contributed by atoms with Gasteiger partial charge in [0, 0.05) is 114 Å². The van der Waals surface area contributed by atoms with E-state index in [1.54, 1.807) is 26.0 Å². The number of likely N-dealkylation sites (tertiary alicyclic amines) is 3. The van der Waals surface area contributed by atoms with Crippen LogP contribution in [0.2, 0.25) is 0 Å². The number of aromatic nitrogens is 4. The number of rotatable bonds is 56. The van der Waals surface area contributed by atoms with Crippen molar-refractivity contribution >= 4 is 88.7 Å². The molecule has 3 fully saturated rings. The molecule has 4 aromatic rings. The zero-order valence-electron chi connectivity index (χ0n) is 68.7. The number of hydrogen-bond acceptors (Lipinski definition) is 23. The van der Waals surface area contributed by atoms with Crippen molar-refractivity contribution in [1.82, 2.24) is 77.2 Å². The maximum absolute atomic E-state index is 14.9. The van der Waals surface area contributed by atoms with Crippen LogP contribution in [-0.2, 0) is 92.6 Å². The number of carboxylic acid groups (broad SMARTS) is 1. The Morgan fingerprint density at radius 1 is 0.706 bits per heavy atom. The number of nitrogens with zero attached hydrogens (tertiary/aromatic N) is 6. The molecular weight excluding hydrogens is 1560 g/mol. The second-order valence-electron chi connectivity index (χ2n) is 29.6. The molecule has 37 nitrogen and oxygen atoms in total. The minimum absolute atomic E-state index is 0.0171. The van der Waals surface area contributed by atoms with Gasteiger partial charge in [-0.25, -0.2) is 14.8 Å². The van der Waals surface area contributed by atoms with Crippen molar-refractivity contribution in [1.29, 1.82) is 0 Å². The summed E-state index contributed by atoms with van der Waals surface area (Å²) >= 11 is 1.46. The van der Waals surface area contributed by atoms with Gasteiger partial charge in [-0.2, -0.15) is 0 Å². The number of hydrogen-bond donors (Lipinski definition) is 14. The number of carbonyl (C=O) groups is 12. The lowest BCUT2D eigenvalue weighted by Gasteiger charge is -2.32. The number of nitrogens with one attached hydrogen (secondary N) is 10. The number of benzene rings is 2. The molecule has 0 spiro atoms. The molecule has 16 N–H and O–H groups in total. The Hall–Kier alpha value is -10.7. The number of methoxy groups -OCH3 is 2. The van der Waals surface area contributed by atoms with Crippen molar-refractivity contribution in [2.75, 3.05) is 105 Å². The SMILES string of the molecule is C=CCN1CCC[C@H]1CNC(=O)c1cc(CCCSC2CC(=O)N(CCCCCC(=O)NCCCOCCOCCOCCC(=O)N[C@@H](Cc3cnc[nH]3)C(=O)N[C@@H](C)C(=O)N[C@H](C(=O)N[C@@H](Cc3ccc(O)cc3)C(=O)N3CCC[C@H]3C(=O)N[C@@H](CCCN=C(N)N)C(=O)N[C@@H](Cc3cnc[nH]3)C(=O)O)[C@@H](C)CC)C2=O)cc(OC)c1OC. The molecule has 1 unspecified atom stereocenters. The molecule has 5 heterocycles. The van der Waals surface area contributed by atoms with Crippen molar-refractivity contribution < 1.29 is 91.4 Å². The van der Waals surface area contributed by atoms with Crippen LogP contribution in [0.5, 0.6) is 17.2 Å². The Bertz CT molecular complexity index is 3980. The number of carbonyl (C=O) groups excluding carboxylic acids is 11. The van der Waals surface area contributed by atoms with Crippen LogP contribution >= 0.6 is 11.8 Å². The van der Waals surface area contributed by atoms with E-state index in [-0.39, 0.29) is 132 Å². The fourth-order valence-electron chi connectivity index (χ4n) is 14.0. The number of carboxylic acids is 1. The first kappa shape index (κ1) is 95.4. The highest BCUT2D eigenvalue weighted by Crippen LogP contribution is 2.34. The average Bonchev–Trinajstić information content (AvgIpc) is 1.78. The fraction of sp³-hybridized carbons (Fsp3) is 0.593. The van der Waals surface area contributed by atoms with Crippen molar-refractivity contribution in [3.05, 3.63) is 102 Å². The van der Waals surface area contributed by atoms with Crippen LogP contribution in [0.25, 0.3) is 0 Å². The number of aromatic amines is 2. The number of aromatic hydroxyl groups is 1. The first-order chi connectivity index (χ1) is 57.3. The summed E-state index contributed by atoms with van der Waals surface area (Å²) < 4.78 is 28.1. The molecule has 11 amide bonds. The van der Waals surface area contributed by atoms with Crippen molar-refractivity contribution in [2.45, 2.75) is 196 Å². The molecular formula is C81H120N18O19S. The van der Waals surface area contributed by atoms with Crippen molar-refractivity contribution in [3.8, 4) is 17.2 Å². The smallest absolute Gasteiger partial charge is 0.326 e. The summed E-state index contributed by atoms with van der Waals surface area (Å²) in [5, 5.41) is 41.8. The van der Waals surface area contributed by atoms with Gasteiger partial charge in [-0.15, -0.1) is 18.3 Å². The fourth-order valence-corrected chi connectivity index (χ4v) is 15.2. The zero-order chi connectivity index (χ0) is 86.2.